The minimum Gasteiger partial charge on any atom is -0.453 e. The zero-order valence-corrected chi connectivity index (χ0v) is 10.8. The molecule has 0 radical (unpaired) electrons. The fourth-order valence-electron chi connectivity index (χ4n) is 1.74. The van der Waals surface area contributed by atoms with Crippen molar-refractivity contribution in [3.05, 3.63) is 22.6 Å². The van der Waals surface area contributed by atoms with Crippen LogP contribution in [0.15, 0.2) is 21.2 Å². The molecule has 0 bridgehead atoms. The van der Waals surface area contributed by atoms with E-state index in [1.807, 2.05) is 19.1 Å². The third-order valence-electron chi connectivity index (χ3n) is 2.84. The summed E-state index contributed by atoms with van der Waals surface area (Å²) >= 11 is 3.26. The minimum atomic E-state index is -0.724. The van der Waals surface area contributed by atoms with E-state index in [0.29, 0.717) is 26.2 Å². The van der Waals surface area contributed by atoms with E-state index in [-0.39, 0.29) is 6.04 Å². The van der Waals surface area contributed by atoms with Gasteiger partial charge in [0.25, 0.3) is 0 Å². The zero-order chi connectivity index (χ0) is 11.6. The molecule has 1 aliphatic heterocycles. The van der Waals surface area contributed by atoms with E-state index in [4.69, 9.17) is 9.15 Å². The van der Waals surface area contributed by atoms with Crippen LogP contribution in [0.25, 0.3) is 0 Å². The molecule has 4 nitrogen and oxygen atoms in total. The standard InChI is InChI=1S/C11H16BrNO3/c1-8(9-2-3-10(12)16-9)13-6-11(14)4-5-15-7-11/h2-3,8,13-14H,4-7H2,1H3/t8-,11-/m0/s1. The molecule has 2 N–H and O–H groups in total. The number of halogens is 1. The highest BCUT2D eigenvalue weighted by molar-refractivity contribution is 9.10. The molecule has 1 aliphatic rings. The van der Waals surface area contributed by atoms with E-state index in [9.17, 15) is 5.11 Å². The van der Waals surface area contributed by atoms with Gasteiger partial charge in [-0.1, -0.05) is 0 Å². The monoisotopic (exact) mass is 289 g/mol. The van der Waals surface area contributed by atoms with Crippen LogP contribution in [0.4, 0.5) is 0 Å². The van der Waals surface area contributed by atoms with Gasteiger partial charge < -0.3 is 19.6 Å². The Morgan fingerprint density at radius 3 is 3.00 bits per heavy atom. The predicted molar refractivity (Wildman–Crippen MR) is 63.2 cm³/mol. The Morgan fingerprint density at radius 2 is 2.44 bits per heavy atom. The first-order valence-electron chi connectivity index (χ1n) is 5.38. The maximum Gasteiger partial charge on any atom is 0.169 e. The van der Waals surface area contributed by atoms with Crippen molar-refractivity contribution < 1.29 is 14.3 Å². The Labute approximate surface area is 103 Å². The van der Waals surface area contributed by atoms with Crippen molar-refractivity contribution in [2.24, 2.45) is 0 Å². The highest BCUT2D eigenvalue weighted by atomic mass is 79.9. The van der Waals surface area contributed by atoms with Crippen molar-refractivity contribution in [3.8, 4) is 0 Å². The van der Waals surface area contributed by atoms with Crippen molar-refractivity contribution in [2.45, 2.75) is 25.0 Å². The van der Waals surface area contributed by atoms with Crippen molar-refractivity contribution in [2.75, 3.05) is 19.8 Å². The molecule has 90 valence electrons. The van der Waals surface area contributed by atoms with E-state index in [2.05, 4.69) is 21.2 Å². The summed E-state index contributed by atoms with van der Waals surface area (Å²) in [5.41, 5.74) is -0.724. The summed E-state index contributed by atoms with van der Waals surface area (Å²) in [4.78, 5) is 0. The van der Waals surface area contributed by atoms with Gasteiger partial charge in [-0.15, -0.1) is 0 Å². The Kier molecular flexibility index (Phi) is 3.69. The second kappa shape index (κ2) is 4.87. The van der Waals surface area contributed by atoms with Crippen LogP contribution < -0.4 is 5.32 Å². The number of rotatable bonds is 4. The molecule has 2 heterocycles. The molecule has 2 rings (SSSR count). The lowest BCUT2D eigenvalue weighted by molar-refractivity contribution is 0.0247. The summed E-state index contributed by atoms with van der Waals surface area (Å²) in [6.45, 7) is 3.57. The molecular weight excluding hydrogens is 274 g/mol. The Morgan fingerprint density at radius 1 is 1.62 bits per heavy atom. The van der Waals surface area contributed by atoms with Gasteiger partial charge in [0, 0.05) is 19.6 Å². The van der Waals surface area contributed by atoms with Gasteiger partial charge in [0.2, 0.25) is 0 Å². The summed E-state index contributed by atoms with van der Waals surface area (Å²) in [6, 6.07) is 3.86. The van der Waals surface area contributed by atoms with Crippen LogP contribution in [-0.4, -0.2) is 30.5 Å². The van der Waals surface area contributed by atoms with Gasteiger partial charge in [0.1, 0.15) is 11.4 Å². The normalized spacial score (nSPS) is 27.2. The maximum absolute atomic E-state index is 10.1. The molecule has 5 heteroatoms. The van der Waals surface area contributed by atoms with Crippen molar-refractivity contribution in [1.82, 2.24) is 5.32 Å². The first-order chi connectivity index (χ1) is 7.59. The number of hydrogen-bond donors (Lipinski definition) is 2. The van der Waals surface area contributed by atoms with Crippen LogP contribution in [0.5, 0.6) is 0 Å². The number of nitrogens with one attached hydrogen (secondary N) is 1. The number of aliphatic hydroxyl groups is 1. The van der Waals surface area contributed by atoms with E-state index < -0.39 is 5.60 Å². The lowest BCUT2D eigenvalue weighted by Crippen LogP contribution is -2.41. The molecule has 1 saturated heterocycles. The van der Waals surface area contributed by atoms with E-state index in [0.717, 1.165) is 10.4 Å². The molecule has 0 saturated carbocycles. The van der Waals surface area contributed by atoms with Crippen LogP contribution in [0, 0.1) is 0 Å². The van der Waals surface area contributed by atoms with Gasteiger partial charge in [-0.05, 0) is 35.0 Å². The Balaban J connectivity index is 1.86. The average Bonchev–Trinajstić information content (AvgIpc) is 2.85. The predicted octanol–water partition coefficient (Wildman–Crippen LogP) is 1.84. The van der Waals surface area contributed by atoms with Gasteiger partial charge >= 0.3 is 0 Å². The number of hydrogen-bond acceptors (Lipinski definition) is 4. The molecule has 16 heavy (non-hydrogen) atoms. The highest BCUT2D eigenvalue weighted by Crippen LogP contribution is 2.22. The third-order valence-corrected chi connectivity index (χ3v) is 3.27. The fraction of sp³-hybridized carbons (Fsp3) is 0.636. The number of furan rings is 1. The van der Waals surface area contributed by atoms with Gasteiger partial charge in [-0.25, -0.2) is 0 Å². The van der Waals surface area contributed by atoms with E-state index in [1.165, 1.54) is 0 Å². The molecule has 0 unspecified atom stereocenters. The van der Waals surface area contributed by atoms with Crippen molar-refractivity contribution >= 4 is 15.9 Å². The van der Waals surface area contributed by atoms with Gasteiger partial charge in [-0.3, -0.25) is 0 Å². The number of ether oxygens (including phenoxy) is 1. The molecule has 0 aliphatic carbocycles. The molecule has 2 atom stereocenters. The summed E-state index contributed by atoms with van der Waals surface area (Å²) in [5.74, 6) is 0.856. The molecule has 0 amide bonds. The van der Waals surface area contributed by atoms with Crippen LogP contribution in [-0.2, 0) is 4.74 Å². The quantitative estimate of drug-likeness (QED) is 0.888. The zero-order valence-electron chi connectivity index (χ0n) is 9.20. The minimum absolute atomic E-state index is 0.0796. The molecule has 0 aromatic carbocycles. The molecular formula is C11H16BrNO3. The first-order valence-corrected chi connectivity index (χ1v) is 6.17. The maximum atomic E-state index is 10.1. The van der Waals surface area contributed by atoms with Crippen molar-refractivity contribution in [3.63, 3.8) is 0 Å². The summed E-state index contributed by atoms with van der Waals surface area (Å²) < 4.78 is 11.3. The summed E-state index contributed by atoms with van der Waals surface area (Å²) in [5, 5.41) is 13.3. The average molecular weight is 290 g/mol. The SMILES string of the molecule is C[C@H](NC[C@@]1(O)CCOC1)c1ccc(Br)o1. The second-order valence-electron chi connectivity index (χ2n) is 4.27. The van der Waals surface area contributed by atoms with Crippen molar-refractivity contribution in [1.29, 1.82) is 0 Å². The highest BCUT2D eigenvalue weighted by Gasteiger charge is 2.32. The third kappa shape index (κ3) is 2.85. The largest absolute Gasteiger partial charge is 0.453 e. The summed E-state index contributed by atoms with van der Waals surface area (Å²) in [7, 11) is 0. The van der Waals surface area contributed by atoms with Crippen LogP contribution in [0.3, 0.4) is 0 Å². The Bertz CT molecular complexity index is 347. The first kappa shape index (κ1) is 12.1. The van der Waals surface area contributed by atoms with Crippen LogP contribution in [0.2, 0.25) is 0 Å². The molecule has 1 aromatic heterocycles. The molecule has 1 fully saturated rings. The van der Waals surface area contributed by atoms with Gasteiger partial charge in [0.05, 0.1) is 12.6 Å². The van der Waals surface area contributed by atoms with E-state index in [1.54, 1.807) is 0 Å². The second-order valence-corrected chi connectivity index (χ2v) is 5.05. The van der Waals surface area contributed by atoms with Crippen LogP contribution in [0.1, 0.15) is 25.1 Å². The topological polar surface area (TPSA) is 54.6 Å². The smallest absolute Gasteiger partial charge is 0.169 e. The van der Waals surface area contributed by atoms with Crippen LogP contribution >= 0.6 is 15.9 Å². The fourth-order valence-corrected chi connectivity index (χ4v) is 2.06. The lowest BCUT2D eigenvalue weighted by atomic mass is 10.0. The van der Waals surface area contributed by atoms with Gasteiger partial charge in [-0.2, -0.15) is 0 Å². The van der Waals surface area contributed by atoms with Gasteiger partial charge in [0.15, 0.2) is 4.67 Å². The van der Waals surface area contributed by atoms with E-state index >= 15 is 0 Å². The molecule has 0 spiro atoms. The molecule has 1 aromatic rings. The lowest BCUT2D eigenvalue weighted by Gasteiger charge is -2.22. The summed E-state index contributed by atoms with van der Waals surface area (Å²) in [6.07, 6.45) is 0.689. The Hall–Kier alpha value is -0.360.